The van der Waals surface area contributed by atoms with Crippen molar-refractivity contribution in [3.05, 3.63) is 76.8 Å². The topological polar surface area (TPSA) is 66.0 Å². The van der Waals surface area contributed by atoms with Crippen molar-refractivity contribution >= 4 is 23.2 Å². The summed E-state index contributed by atoms with van der Waals surface area (Å²) in [6.07, 6.45) is 0. The molecule has 0 aliphatic rings. The summed E-state index contributed by atoms with van der Waals surface area (Å²) in [5, 5.41) is 3.34. The van der Waals surface area contributed by atoms with Crippen LogP contribution in [0.2, 0.25) is 5.02 Å². The van der Waals surface area contributed by atoms with Gasteiger partial charge in [0, 0.05) is 16.1 Å². The Labute approximate surface area is 186 Å². The van der Waals surface area contributed by atoms with Crippen LogP contribution in [-0.4, -0.2) is 26.7 Å². The van der Waals surface area contributed by atoms with Crippen LogP contribution in [0.5, 0.6) is 23.0 Å². The number of methoxy groups -OCH3 is 2. The van der Waals surface area contributed by atoms with E-state index in [-0.39, 0.29) is 12.5 Å². The van der Waals surface area contributed by atoms with E-state index in [9.17, 15) is 4.79 Å². The molecule has 6 nitrogen and oxygen atoms in total. The molecule has 31 heavy (non-hydrogen) atoms. The lowest BCUT2D eigenvalue weighted by molar-refractivity contribution is 0.102. The standard InChI is InChI=1S/C24H24ClNO5/c1-4-30-22-11-5-16(24(27)26-21-14-18(25)6-12-23(21)29-3)13-17(22)15-31-20-9-7-19(28-2)8-10-20/h5-14H,4,15H2,1-3H3,(H,26,27). The smallest absolute Gasteiger partial charge is 0.255 e. The molecule has 0 heterocycles. The second-order valence-corrected chi connectivity index (χ2v) is 6.95. The van der Waals surface area contributed by atoms with Gasteiger partial charge in [-0.2, -0.15) is 0 Å². The van der Waals surface area contributed by atoms with Crippen molar-refractivity contribution in [2.75, 3.05) is 26.1 Å². The number of hydrogen-bond donors (Lipinski definition) is 1. The summed E-state index contributed by atoms with van der Waals surface area (Å²) >= 11 is 6.05. The molecule has 0 unspecified atom stereocenters. The number of carbonyl (C=O) groups excluding carboxylic acids is 1. The number of hydrogen-bond acceptors (Lipinski definition) is 5. The van der Waals surface area contributed by atoms with E-state index in [1.54, 1.807) is 43.5 Å². The molecule has 0 aliphatic heterocycles. The molecule has 0 radical (unpaired) electrons. The molecule has 0 atom stereocenters. The van der Waals surface area contributed by atoms with E-state index < -0.39 is 0 Å². The molecule has 7 heteroatoms. The number of rotatable bonds is 9. The summed E-state index contributed by atoms with van der Waals surface area (Å²) in [4.78, 5) is 12.9. The summed E-state index contributed by atoms with van der Waals surface area (Å²) in [7, 11) is 3.14. The van der Waals surface area contributed by atoms with Gasteiger partial charge in [0.1, 0.15) is 29.6 Å². The van der Waals surface area contributed by atoms with E-state index >= 15 is 0 Å². The van der Waals surface area contributed by atoms with Crippen LogP contribution in [0.25, 0.3) is 0 Å². The van der Waals surface area contributed by atoms with E-state index in [1.165, 1.54) is 7.11 Å². The van der Waals surface area contributed by atoms with Crippen LogP contribution in [0.1, 0.15) is 22.8 Å². The Morgan fingerprint density at radius 1 is 0.871 bits per heavy atom. The number of halogens is 1. The molecule has 162 valence electrons. The fourth-order valence-electron chi connectivity index (χ4n) is 2.94. The summed E-state index contributed by atoms with van der Waals surface area (Å²) in [5.74, 6) is 2.31. The minimum Gasteiger partial charge on any atom is -0.497 e. The first-order chi connectivity index (χ1) is 15.0. The maximum atomic E-state index is 12.9. The third-order valence-electron chi connectivity index (χ3n) is 4.49. The van der Waals surface area contributed by atoms with Crippen LogP contribution in [-0.2, 0) is 6.61 Å². The molecule has 0 aromatic heterocycles. The van der Waals surface area contributed by atoms with Crippen LogP contribution in [0.15, 0.2) is 60.7 Å². The molecule has 0 bridgehead atoms. The Hall–Kier alpha value is -3.38. The SMILES string of the molecule is CCOc1ccc(C(=O)Nc2cc(Cl)ccc2OC)cc1COc1ccc(OC)cc1. The monoisotopic (exact) mass is 441 g/mol. The Bertz CT molecular complexity index is 1040. The van der Waals surface area contributed by atoms with Crippen molar-refractivity contribution in [3.8, 4) is 23.0 Å². The van der Waals surface area contributed by atoms with Crippen molar-refractivity contribution in [3.63, 3.8) is 0 Å². The molecule has 0 saturated heterocycles. The molecule has 3 aromatic rings. The normalized spacial score (nSPS) is 10.3. The Morgan fingerprint density at radius 3 is 2.26 bits per heavy atom. The van der Waals surface area contributed by atoms with Crippen LogP contribution in [0, 0.1) is 0 Å². The Kier molecular flexibility index (Phi) is 7.62. The molecular formula is C24H24ClNO5. The van der Waals surface area contributed by atoms with Crippen molar-refractivity contribution < 1.29 is 23.7 Å². The second kappa shape index (κ2) is 10.6. The van der Waals surface area contributed by atoms with Gasteiger partial charge in [0.05, 0.1) is 26.5 Å². The van der Waals surface area contributed by atoms with E-state index in [4.69, 9.17) is 30.5 Å². The average molecular weight is 442 g/mol. The van der Waals surface area contributed by atoms with Gasteiger partial charge >= 0.3 is 0 Å². The van der Waals surface area contributed by atoms with E-state index in [0.29, 0.717) is 40.1 Å². The van der Waals surface area contributed by atoms with Gasteiger partial charge in [0.15, 0.2) is 0 Å². The fraction of sp³-hybridized carbons (Fsp3) is 0.208. The van der Waals surface area contributed by atoms with Crippen LogP contribution < -0.4 is 24.3 Å². The van der Waals surface area contributed by atoms with Crippen molar-refractivity contribution in [2.24, 2.45) is 0 Å². The van der Waals surface area contributed by atoms with Gasteiger partial charge in [-0.05, 0) is 67.6 Å². The molecule has 1 N–H and O–H groups in total. The second-order valence-electron chi connectivity index (χ2n) is 6.52. The number of nitrogens with one attached hydrogen (secondary N) is 1. The highest BCUT2D eigenvalue weighted by Gasteiger charge is 2.14. The number of amides is 1. The maximum absolute atomic E-state index is 12.9. The lowest BCUT2D eigenvalue weighted by atomic mass is 10.1. The number of ether oxygens (including phenoxy) is 4. The first kappa shape index (κ1) is 22.3. The zero-order chi connectivity index (χ0) is 22.2. The first-order valence-electron chi connectivity index (χ1n) is 9.71. The van der Waals surface area contributed by atoms with E-state index in [1.807, 2.05) is 31.2 Å². The van der Waals surface area contributed by atoms with Crippen LogP contribution in [0.3, 0.4) is 0 Å². The predicted octanol–water partition coefficient (Wildman–Crippen LogP) is 5.59. The van der Waals surface area contributed by atoms with Crippen LogP contribution >= 0.6 is 11.6 Å². The van der Waals surface area contributed by atoms with Gasteiger partial charge in [-0.3, -0.25) is 4.79 Å². The van der Waals surface area contributed by atoms with E-state index in [0.717, 1.165) is 11.3 Å². The molecule has 1 amide bonds. The molecule has 0 aliphatic carbocycles. The molecule has 0 fully saturated rings. The quantitative estimate of drug-likeness (QED) is 0.469. The maximum Gasteiger partial charge on any atom is 0.255 e. The van der Waals surface area contributed by atoms with Crippen molar-refractivity contribution in [2.45, 2.75) is 13.5 Å². The zero-order valence-corrected chi connectivity index (χ0v) is 18.4. The lowest BCUT2D eigenvalue weighted by Crippen LogP contribution is -2.13. The summed E-state index contributed by atoms with van der Waals surface area (Å²) < 4.78 is 22.0. The highest BCUT2D eigenvalue weighted by Crippen LogP contribution is 2.29. The number of benzene rings is 3. The van der Waals surface area contributed by atoms with E-state index in [2.05, 4.69) is 5.32 Å². The van der Waals surface area contributed by atoms with Gasteiger partial charge in [-0.1, -0.05) is 11.6 Å². The molecule has 0 spiro atoms. The minimum absolute atomic E-state index is 0.239. The summed E-state index contributed by atoms with van der Waals surface area (Å²) in [6.45, 7) is 2.64. The van der Waals surface area contributed by atoms with Gasteiger partial charge in [-0.25, -0.2) is 0 Å². The Morgan fingerprint density at radius 2 is 1.58 bits per heavy atom. The summed E-state index contributed by atoms with van der Waals surface area (Å²) in [6, 6.07) is 17.5. The molecule has 3 rings (SSSR count). The highest BCUT2D eigenvalue weighted by atomic mass is 35.5. The number of anilines is 1. The third kappa shape index (κ3) is 5.83. The fourth-order valence-corrected chi connectivity index (χ4v) is 3.11. The number of carbonyl (C=O) groups is 1. The predicted molar refractivity (Wildman–Crippen MR) is 121 cm³/mol. The van der Waals surface area contributed by atoms with Gasteiger partial charge in [0.2, 0.25) is 0 Å². The third-order valence-corrected chi connectivity index (χ3v) is 4.72. The molecular weight excluding hydrogens is 418 g/mol. The van der Waals surface area contributed by atoms with Crippen LogP contribution in [0.4, 0.5) is 5.69 Å². The zero-order valence-electron chi connectivity index (χ0n) is 17.6. The average Bonchev–Trinajstić information content (AvgIpc) is 2.79. The summed E-state index contributed by atoms with van der Waals surface area (Å²) in [5.41, 5.74) is 1.70. The largest absolute Gasteiger partial charge is 0.497 e. The Balaban J connectivity index is 1.79. The van der Waals surface area contributed by atoms with Gasteiger partial charge < -0.3 is 24.3 Å². The van der Waals surface area contributed by atoms with Crippen molar-refractivity contribution in [1.29, 1.82) is 0 Å². The highest BCUT2D eigenvalue weighted by molar-refractivity contribution is 6.31. The van der Waals surface area contributed by atoms with Crippen molar-refractivity contribution in [1.82, 2.24) is 0 Å². The van der Waals surface area contributed by atoms with Gasteiger partial charge in [0.25, 0.3) is 5.91 Å². The minimum atomic E-state index is -0.297. The molecule has 0 saturated carbocycles. The molecule has 3 aromatic carbocycles. The van der Waals surface area contributed by atoms with Gasteiger partial charge in [-0.15, -0.1) is 0 Å². The first-order valence-corrected chi connectivity index (χ1v) is 10.1. The lowest BCUT2D eigenvalue weighted by Gasteiger charge is -2.14.